The molecule has 7 nitrogen and oxygen atoms in total. The molecule has 0 spiro atoms. The molecule has 2 aromatic rings. The average molecular weight is 264 g/mol. The van der Waals surface area contributed by atoms with E-state index in [0.29, 0.717) is 11.1 Å². The summed E-state index contributed by atoms with van der Waals surface area (Å²) in [5.41, 5.74) is 1.79. The number of ether oxygens (including phenoxy) is 1. The van der Waals surface area contributed by atoms with Crippen LogP contribution in [-0.4, -0.2) is 24.0 Å². The van der Waals surface area contributed by atoms with E-state index in [1.165, 1.54) is 7.11 Å². The molecule has 0 unspecified atom stereocenters. The molecule has 0 bridgehead atoms. The van der Waals surface area contributed by atoms with Crippen LogP contribution in [0.3, 0.4) is 0 Å². The Kier molecular flexibility index (Phi) is 3.65. The van der Waals surface area contributed by atoms with Crippen LogP contribution < -0.4 is 11.1 Å². The lowest BCUT2D eigenvalue weighted by Crippen LogP contribution is -2.25. The zero-order chi connectivity index (χ0) is 13.8. The minimum atomic E-state index is -0.591. The third-order valence-electron chi connectivity index (χ3n) is 2.51. The molecule has 0 radical (unpaired) electrons. The van der Waals surface area contributed by atoms with Gasteiger partial charge in [-0.2, -0.15) is 0 Å². The van der Waals surface area contributed by atoms with E-state index in [9.17, 15) is 14.4 Å². The molecule has 0 saturated carbocycles. The van der Waals surface area contributed by atoms with E-state index < -0.39 is 17.6 Å². The number of benzene rings is 1. The van der Waals surface area contributed by atoms with Gasteiger partial charge in [0.05, 0.1) is 12.6 Å². The number of aromatic amines is 1. The highest BCUT2D eigenvalue weighted by Crippen LogP contribution is 2.11. The van der Waals surface area contributed by atoms with Crippen LogP contribution in [0.1, 0.15) is 12.0 Å². The minimum Gasteiger partial charge on any atom is -0.469 e. The zero-order valence-electron chi connectivity index (χ0n) is 10.2. The number of H-pyrrole nitrogens is 1. The topological polar surface area (TPSA) is 101 Å². The molecule has 0 aliphatic carbocycles. The van der Waals surface area contributed by atoms with Gasteiger partial charge in [0, 0.05) is 6.54 Å². The van der Waals surface area contributed by atoms with Crippen LogP contribution in [0, 0.1) is 0 Å². The molecule has 19 heavy (non-hydrogen) atoms. The molecule has 1 heterocycles. The standard InChI is InChI=1S/C12H12N2O5/c1-18-11(16)5-10(15)13-6-7-2-3-9-8(4-7)14-12(17)19-9/h2-4H,5-6H2,1H3,(H,13,15)(H,14,17). The molecular formula is C12H12N2O5. The van der Waals surface area contributed by atoms with Crippen LogP contribution in [-0.2, 0) is 20.9 Å². The van der Waals surface area contributed by atoms with Crippen LogP contribution in [0.15, 0.2) is 27.4 Å². The number of carbonyl (C=O) groups is 2. The van der Waals surface area contributed by atoms with Gasteiger partial charge in [-0.05, 0) is 17.7 Å². The molecule has 0 saturated heterocycles. The van der Waals surface area contributed by atoms with Gasteiger partial charge in [0.15, 0.2) is 5.58 Å². The maximum atomic E-state index is 11.4. The zero-order valence-corrected chi connectivity index (χ0v) is 10.2. The third kappa shape index (κ3) is 3.21. The number of rotatable bonds is 4. The molecule has 7 heteroatoms. The second-order valence-electron chi connectivity index (χ2n) is 3.87. The summed E-state index contributed by atoms with van der Waals surface area (Å²) in [6.45, 7) is 0.249. The summed E-state index contributed by atoms with van der Waals surface area (Å²) in [5, 5.41) is 2.57. The summed E-state index contributed by atoms with van der Waals surface area (Å²) in [5.74, 6) is -1.54. The molecule has 1 aromatic carbocycles. The van der Waals surface area contributed by atoms with Crippen molar-refractivity contribution in [2.24, 2.45) is 0 Å². The van der Waals surface area contributed by atoms with E-state index in [1.54, 1.807) is 18.2 Å². The number of fused-ring (bicyclic) bond motifs is 1. The van der Waals surface area contributed by atoms with Gasteiger partial charge >= 0.3 is 11.7 Å². The maximum absolute atomic E-state index is 11.4. The van der Waals surface area contributed by atoms with Crippen molar-refractivity contribution >= 4 is 23.0 Å². The van der Waals surface area contributed by atoms with Crippen LogP contribution >= 0.6 is 0 Å². The Bertz CT molecular complexity index is 670. The Morgan fingerprint density at radius 1 is 1.42 bits per heavy atom. The normalized spacial score (nSPS) is 10.4. The lowest BCUT2D eigenvalue weighted by atomic mass is 10.2. The Balaban J connectivity index is 1.99. The first-order valence-electron chi connectivity index (χ1n) is 5.54. The Morgan fingerprint density at radius 2 is 2.21 bits per heavy atom. The molecule has 0 fully saturated rings. The Hall–Kier alpha value is -2.57. The summed E-state index contributed by atoms with van der Waals surface area (Å²) in [6, 6.07) is 5.05. The number of carbonyl (C=O) groups excluding carboxylic acids is 2. The second kappa shape index (κ2) is 5.38. The van der Waals surface area contributed by atoms with Gasteiger partial charge in [-0.1, -0.05) is 6.07 Å². The van der Waals surface area contributed by atoms with Crippen LogP contribution in [0.5, 0.6) is 0 Å². The van der Waals surface area contributed by atoms with Crippen LogP contribution in [0.25, 0.3) is 11.1 Å². The number of amides is 1. The first-order chi connectivity index (χ1) is 9.08. The molecule has 1 amide bonds. The first-order valence-corrected chi connectivity index (χ1v) is 5.54. The van der Waals surface area contributed by atoms with Gasteiger partial charge in [0.25, 0.3) is 0 Å². The summed E-state index contributed by atoms with van der Waals surface area (Å²) in [4.78, 5) is 35.7. The van der Waals surface area contributed by atoms with Gasteiger partial charge in [-0.25, -0.2) is 4.79 Å². The Labute approximate surface area is 107 Å². The minimum absolute atomic E-state index is 0.249. The van der Waals surface area contributed by atoms with Crippen molar-refractivity contribution < 1.29 is 18.7 Å². The SMILES string of the molecule is COC(=O)CC(=O)NCc1ccc2oc(=O)[nH]c2c1. The lowest BCUT2D eigenvalue weighted by molar-refractivity contribution is -0.143. The van der Waals surface area contributed by atoms with Gasteiger partial charge < -0.3 is 14.5 Å². The van der Waals surface area contributed by atoms with E-state index in [0.717, 1.165) is 5.56 Å². The molecule has 0 aliphatic rings. The fourth-order valence-corrected chi connectivity index (χ4v) is 1.58. The molecule has 0 atom stereocenters. The highest BCUT2D eigenvalue weighted by molar-refractivity contribution is 5.94. The maximum Gasteiger partial charge on any atom is 0.417 e. The monoisotopic (exact) mass is 264 g/mol. The predicted octanol–water partition coefficient (Wildman–Crippen LogP) is 0.300. The summed E-state index contributed by atoms with van der Waals surface area (Å²) in [7, 11) is 1.22. The molecule has 2 rings (SSSR count). The van der Waals surface area contributed by atoms with Gasteiger partial charge in [-0.3, -0.25) is 14.6 Å². The van der Waals surface area contributed by atoms with Crippen LogP contribution in [0.2, 0.25) is 0 Å². The van der Waals surface area contributed by atoms with E-state index in [4.69, 9.17) is 4.42 Å². The molecule has 0 aliphatic heterocycles. The van der Waals surface area contributed by atoms with Crippen molar-refractivity contribution in [1.29, 1.82) is 0 Å². The van der Waals surface area contributed by atoms with Crippen LogP contribution in [0.4, 0.5) is 0 Å². The molecule has 2 N–H and O–H groups in total. The number of nitrogens with one attached hydrogen (secondary N) is 2. The van der Waals surface area contributed by atoms with Crippen molar-refractivity contribution in [3.63, 3.8) is 0 Å². The van der Waals surface area contributed by atoms with Gasteiger partial charge in [-0.15, -0.1) is 0 Å². The summed E-state index contributed by atoms with van der Waals surface area (Å²) >= 11 is 0. The molecular weight excluding hydrogens is 252 g/mol. The largest absolute Gasteiger partial charge is 0.469 e. The van der Waals surface area contributed by atoms with Crippen molar-refractivity contribution in [2.45, 2.75) is 13.0 Å². The van der Waals surface area contributed by atoms with E-state index in [2.05, 4.69) is 15.0 Å². The number of esters is 1. The van der Waals surface area contributed by atoms with Gasteiger partial charge in [0.1, 0.15) is 6.42 Å². The van der Waals surface area contributed by atoms with Crippen molar-refractivity contribution in [1.82, 2.24) is 10.3 Å². The second-order valence-corrected chi connectivity index (χ2v) is 3.87. The van der Waals surface area contributed by atoms with E-state index in [-0.39, 0.29) is 13.0 Å². The van der Waals surface area contributed by atoms with E-state index >= 15 is 0 Å². The smallest absolute Gasteiger partial charge is 0.417 e. The summed E-state index contributed by atoms with van der Waals surface area (Å²) in [6.07, 6.45) is -0.318. The third-order valence-corrected chi connectivity index (χ3v) is 2.51. The molecule has 1 aromatic heterocycles. The fraction of sp³-hybridized carbons (Fsp3) is 0.250. The van der Waals surface area contributed by atoms with Crippen molar-refractivity contribution in [2.75, 3.05) is 7.11 Å². The average Bonchev–Trinajstić information content (AvgIpc) is 2.75. The van der Waals surface area contributed by atoms with Gasteiger partial charge in [0.2, 0.25) is 5.91 Å². The quantitative estimate of drug-likeness (QED) is 0.611. The first kappa shape index (κ1) is 12.9. The predicted molar refractivity (Wildman–Crippen MR) is 65.3 cm³/mol. The number of aromatic nitrogens is 1. The van der Waals surface area contributed by atoms with Crippen molar-refractivity contribution in [3.05, 3.63) is 34.3 Å². The van der Waals surface area contributed by atoms with E-state index in [1.807, 2.05) is 0 Å². The highest BCUT2D eigenvalue weighted by Gasteiger charge is 2.09. The Morgan fingerprint density at radius 3 is 2.95 bits per heavy atom. The summed E-state index contributed by atoms with van der Waals surface area (Å²) < 4.78 is 9.24. The van der Waals surface area contributed by atoms with Crippen molar-refractivity contribution in [3.8, 4) is 0 Å². The number of oxazole rings is 1. The highest BCUT2D eigenvalue weighted by atomic mass is 16.5. The fourth-order valence-electron chi connectivity index (χ4n) is 1.58. The number of hydrogen-bond acceptors (Lipinski definition) is 5. The lowest BCUT2D eigenvalue weighted by Gasteiger charge is -2.04. The number of hydrogen-bond donors (Lipinski definition) is 2. The molecule has 100 valence electrons. The number of methoxy groups -OCH3 is 1.